The van der Waals surface area contributed by atoms with Gasteiger partial charge < -0.3 is 0 Å². The normalized spacial score (nSPS) is 12.5. The standard InChI is InChI=1S/C16H15FN4/c17-12-5-3-4-11(8-12)9-15(21-18)16-10-19-13-6-1-2-7-14(13)20-16/h1-8,10,15,21H,9,18H2. The van der Waals surface area contributed by atoms with Gasteiger partial charge in [-0.25, -0.2) is 9.37 Å². The van der Waals surface area contributed by atoms with E-state index in [1.807, 2.05) is 30.3 Å². The Morgan fingerprint density at radius 1 is 1.10 bits per heavy atom. The number of benzene rings is 2. The van der Waals surface area contributed by atoms with E-state index in [4.69, 9.17) is 5.84 Å². The zero-order valence-electron chi connectivity index (χ0n) is 11.3. The van der Waals surface area contributed by atoms with Gasteiger partial charge in [-0.05, 0) is 36.2 Å². The van der Waals surface area contributed by atoms with E-state index in [0.29, 0.717) is 6.42 Å². The minimum absolute atomic E-state index is 0.219. The zero-order valence-corrected chi connectivity index (χ0v) is 11.3. The summed E-state index contributed by atoms with van der Waals surface area (Å²) in [4.78, 5) is 8.94. The Morgan fingerprint density at radius 2 is 1.90 bits per heavy atom. The first-order valence-corrected chi connectivity index (χ1v) is 6.68. The van der Waals surface area contributed by atoms with Crippen LogP contribution in [0.2, 0.25) is 0 Å². The summed E-state index contributed by atoms with van der Waals surface area (Å²) in [5.74, 6) is 5.37. The van der Waals surface area contributed by atoms with Gasteiger partial charge in [0.2, 0.25) is 0 Å². The third-order valence-corrected chi connectivity index (χ3v) is 3.35. The van der Waals surface area contributed by atoms with Gasteiger partial charge >= 0.3 is 0 Å². The van der Waals surface area contributed by atoms with E-state index in [0.717, 1.165) is 22.3 Å². The van der Waals surface area contributed by atoms with Crippen LogP contribution in [0, 0.1) is 5.82 Å². The highest BCUT2D eigenvalue weighted by Crippen LogP contribution is 2.18. The smallest absolute Gasteiger partial charge is 0.123 e. The van der Waals surface area contributed by atoms with Crippen molar-refractivity contribution in [1.29, 1.82) is 0 Å². The van der Waals surface area contributed by atoms with Gasteiger partial charge in [0.15, 0.2) is 0 Å². The van der Waals surface area contributed by atoms with E-state index in [9.17, 15) is 4.39 Å². The number of hydrogen-bond acceptors (Lipinski definition) is 4. The molecular weight excluding hydrogens is 267 g/mol. The molecule has 0 aliphatic heterocycles. The molecule has 4 nitrogen and oxygen atoms in total. The number of aromatic nitrogens is 2. The monoisotopic (exact) mass is 282 g/mol. The van der Waals surface area contributed by atoms with Crippen LogP contribution in [-0.4, -0.2) is 9.97 Å². The quantitative estimate of drug-likeness (QED) is 0.570. The molecule has 2 aromatic carbocycles. The van der Waals surface area contributed by atoms with Crippen molar-refractivity contribution in [3.63, 3.8) is 0 Å². The van der Waals surface area contributed by atoms with E-state index < -0.39 is 0 Å². The first-order valence-electron chi connectivity index (χ1n) is 6.68. The average Bonchev–Trinajstić information content (AvgIpc) is 2.52. The van der Waals surface area contributed by atoms with Crippen molar-refractivity contribution in [2.75, 3.05) is 0 Å². The lowest BCUT2D eigenvalue weighted by molar-refractivity contribution is 0.535. The van der Waals surface area contributed by atoms with Crippen molar-refractivity contribution in [2.45, 2.75) is 12.5 Å². The largest absolute Gasteiger partial charge is 0.271 e. The third-order valence-electron chi connectivity index (χ3n) is 3.35. The lowest BCUT2D eigenvalue weighted by atomic mass is 10.0. The van der Waals surface area contributed by atoms with Gasteiger partial charge in [0.05, 0.1) is 29.0 Å². The number of rotatable bonds is 4. The lowest BCUT2D eigenvalue weighted by Gasteiger charge is -2.15. The second-order valence-electron chi connectivity index (χ2n) is 4.84. The molecule has 3 N–H and O–H groups in total. The fourth-order valence-electron chi connectivity index (χ4n) is 2.29. The van der Waals surface area contributed by atoms with E-state index in [1.165, 1.54) is 12.1 Å². The van der Waals surface area contributed by atoms with Crippen LogP contribution in [0.1, 0.15) is 17.3 Å². The first kappa shape index (κ1) is 13.6. The average molecular weight is 282 g/mol. The molecule has 0 aliphatic rings. The van der Waals surface area contributed by atoms with Crippen molar-refractivity contribution in [1.82, 2.24) is 15.4 Å². The molecule has 0 saturated carbocycles. The highest BCUT2D eigenvalue weighted by molar-refractivity contribution is 5.73. The topological polar surface area (TPSA) is 63.8 Å². The maximum Gasteiger partial charge on any atom is 0.123 e. The van der Waals surface area contributed by atoms with E-state index in [1.54, 1.807) is 12.3 Å². The summed E-state index contributed by atoms with van der Waals surface area (Å²) in [5.41, 5.74) is 5.97. The van der Waals surface area contributed by atoms with Crippen LogP contribution >= 0.6 is 0 Å². The molecule has 5 heteroatoms. The van der Waals surface area contributed by atoms with Gasteiger partial charge in [0, 0.05) is 0 Å². The Morgan fingerprint density at radius 3 is 2.67 bits per heavy atom. The van der Waals surface area contributed by atoms with Crippen molar-refractivity contribution < 1.29 is 4.39 Å². The summed E-state index contributed by atoms with van der Waals surface area (Å²) in [6.45, 7) is 0. The Balaban J connectivity index is 1.90. The van der Waals surface area contributed by atoms with Crippen molar-refractivity contribution in [3.8, 4) is 0 Å². The van der Waals surface area contributed by atoms with Crippen molar-refractivity contribution in [3.05, 3.63) is 71.8 Å². The van der Waals surface area contributed by atoms with E-state index in [2.05, 4.69) is 15.4 Å². The Bertz CT molecular complexity index is 760. The van der Waals surface area contributed by atoms with Crippen LogP contribution in [-0.2, 0) is 6.42 Å². The molecule has 1 aromatic heterocycles. The number of nitrogens with two attached hydrogens (primary N) is 1. The highest BCUT2D eigenvalue weighted by atomic mass is 19.1. The fourth-order valence-corrected chi connectivity index (χ4v) is 2.29. The molecular formula is C16H15FN4. The van der Waals surface area contributed by atoms with E-state index >= 15 is 0 Å². The van der Waals surface area contributed by atoms with Gasteiger partial charge in [-0.2, -0.15) is 0 Å². The number of hydrogen-bond donors (Lipinski definition) is 2. The molecule has 0 radical (unpaired) electrons. The van der Waals surface area contributed by atoms with Gasteiger partial charge in [-0.3, -0.25) is 16.3 Å². The molecule has 0 bridgehead atoms. The summed E-state index contributed by atoms with van der Waals surface area (Å²) >= 11 is 0. The fraction of sp³-hybridized carbons (Fsp3) is 0.125. The second kappa shape index (κ2) is 5.95. The lowest BCUT2D eigenvalue weighted by Crippen LogP contribution is -2.30. The number of nitrogens with zero attached hydrogens (tertiary/aromatic N) is 2. The number of hydrazine groups is 1. The third kappa shape index (κ3) is 3.04. The number of para-hydroxylation sites is 2. The van der Waals surface area contributed by atoms with Gasteiger partial charge in [0.1, 0.15) is 5.82 Å². The minimum atomic E-state index is -0.257. The molecule has 106 valence electrons. The molecule has 0 saturated heterocycles. The number of halogens is 1. The second-order valence-corrected chi connectivity index (χ2v) is 4.84. The molecule has 0 fully saturated rings. The predicted molar refractivity (Wildman–Crippen MR) is 79.7 cm³/mol. The van der Waals surface area contributed by atoms with Crippen LogP contribution < -0.4 is 11.3 Å². The summed E-state index contributed by atoms with van der Waals surface area (Å²) in [6.07, 6.45) is 2.24. The van der Waals surface area contributed by atoms with Crippen LogP contribution in [0.15, 0.2) is 54.7 Å². The zero-order chi connectivity index (χ0) is 14.7. The van der Waals surface area contributed by atoms with Crippen molar-refractivity contribution >= 4 is 11.0 Å². The molecule has 3 rings (SSSR count). The van der Waals surface area contributed by atoms with Crippen LogP contribution in [0.3, 0.4) is 0 Å². The summed E-state index contributed by atoms with van der Waals surface area (Å²) in [6, 6.07) is 13.9. The van der Waals surface area contributed by atoms with Crippen LogP contribution in [0.25, 0.3) is 11.0 Å². The molecule has 0 amide bonds. The first-order chi connectivity index (χ1) is 10.3. The van der Waals surface area contributed by atoms with Crippen LogP contribution in [0.5, 0.6) is 0 Å². The molecule has 0 aliphatic carbocycles. The molecule has 3 aromatic rings. The molecule has 21 heavy (non-hydrogen) atoms. The molecule has 1 unspecified atom stereocenters. The maximum absolute atomic E-state index is 13.3. The van der Waals surface area contributed by atoms with Gasteiger partial charge in [0.25, 0.3) is 0 Å². The minimum Gasteiger partial charge on any atom is -0.271 e. The van der Waals surface area contributed by atoms with E-state index in [-0.39, 0.29) is 11.9 Å². The summed E-state index contributed by atoms with van der Waals surface area (Å²) < 4.78 is 13.3. The Hall–Kier alpha value is -2.37. The SMILES string of the molecule is NNC(Cc1cccc(F)c1)c1cnc2ccccc2n1. The maximum atomic E-state index is 13.3. The molecule has 1 heterocycles. The molecule has 1 atom stereocenters. The number of fused-ring (bicyclic) bond motifs is 1. The predicted octanol–water partition coefficient (Wildman–Crippen LogP) is 2.52. The van der Waals surface area contributed by atoms with Gasteiger partial charge in [-0.15, -0.1) is 0 Å². The molecule has 0 spiro atoms. The Labute approximate surface area is 121 Å². The highest BCUT2D eigenvalue weighted by Gasteiger charge is 2.13. The number of nitrogens with one attached hydrogen (secondary N) is 1. The Kier molecular flexibility index (Phi) is 3.85. The van der Waals surface area contributed by atoms with Gasteiger partial charge in [-0.1, -0.05) is 24.3 Å². The van der Waals surface area contributed by atoms with Crippen molar-refractivity contribution in [2.24, 2.45) is 5.84 Å². The van der Waals surface area contributed by atoms with Crippen LogP contribution in [0.4, 0.5) is 4.39 Å². The summed E-state index contributed by atoms with van der Waals surface area (Å²) in [7, 11) is 0. The summed E-state index contributed by atoms with van der Waals surface area (Å²) in [5, 5.41) is 0.